The Balaban J connectivity index is 1.78. The first-order chi connectivity index (χ1) is 16.6. The molecule has 10 heteroatoms. The third-order valence-corrected chi connectivity index (χ3v) is 9.91. The van der Waals surface area contributed by atoms with Crippen molar-refractivity contribution in [3.8, 4) is 6.07 Å². The van der Waals surface area contributed by atoms with Crippen molar-refractivity contribution in [2.24, 2.45) is 17.6 Å². The average molecular weight is 534 g/mol. The Morgan fingerprint density at radius 2 is 1.83 bits per heavy atom. The fraction of sp³-hybridized carbons (Fsp3) is 0.400. The second-order valence-electron chi connectivity index (χ2n) is 8.76. The fourth-order valence-electron chi connectivity index (χ4n) is 4.42. The Kier molecular flexibility index (Phi) is 8.86. The van der Waals surface area contributed by atoms with Crippen LogP contribution in [0.2, 0.25) is 5.02 Å². The maximum absolute atomic E-state index is 13.2. The van der Waals surface area contributed by atoms with Crippen molar-refractivity contribution in [2.75, 3.05) is 12.3 Å². The number of amides is 2. The van der Waals surface area contributed by atoms with Crippen molar-refractivity contribution in [1.29, 1.82) is 5.26 Å². The van der Waals surface area contributed by atoms with E-state index in [-0.39, 0.29) is 29.0 Å². The van der Waals surface area contributed by atoms with Crippen LogP contribution in [0, 0.1) is 23.2 Å². The highest BCUT2D eigenvalue weighted by Gasteiger charge is 2.37. The standard InChI is InChI=1S/C25H28ClN3O4S2/c1-25(24(28)31,21-8-4-5-9-22(21)26)34-18-10-12-19(13-11-18)35(32,33)16-17-6-2-3-7-20(17)23(30)29-15-14-27/h4-5,8-13,17,20H,2-3,6-7,15-16H2,1H3,(H2,28,31)(H,29,30)/t17-,20+,25?/m1/s1. The van der Waals surface area contributed by atoms with Crippen LogP contribution < -0.4 is 11.1 Å². The van der Waals surface area contributed by atoms with Gasteiger partial charge in [0.1, 0.15) is 11.3 Å². The molecule has 0 aliphatic heterocycles. The lowest BCUT2D eigenvalue weighted by atomic mass is 9.80. The van der Waals surface area contributed by atoms with Gasteiger partial charge in [-0.3, -0.25) is 9.59 Å². The number of primary amides is 1. The number of halogens is 1. The molecule has 2 amide bonds. The Hall–Kier alpha value is -2.54. The van der Waals surface area contributed by atoms with Gasteiger partial charge in [0, 0.05) is 15.8 Å². The van der Waals surface area contributed by atoms with E-state index in [1.54, 1.807) is 43.3 Å². The first kappa shape index (κ1) is 27.1. The SMILES string of the molecule is CC(Sc1ccc(S(=O)(=O)C[C@H]2CCCC[C@@H]2C(=O)NCC#N)cc1)(C(N)=O)c1ccccc1Cl. The van der Waals surface area contributed by atoms with Crippen LogP contribution in [0.5, 0.6) is 0 Å². The number of nitrogens with zero attached hydrogens (tertiary/aromatic N) is 1. The summed E-state index contributed by atoms with van der Waals surface area (Å²) in [5.41, 5.74) is 6.30. The van der Waals surface area contributed by atoms with E-state index in [4.69, 9.17) is 22.6 Å². The summed E-state index contributed by atoms with van der Waals surface area (Å²) in [6.07, 6.45) is 2.98. The Labute approximate surface area is 215 Å². The maximum Gasteiger partial charge on any atom is 0.238 e. The smallest absolute Gasteiger partial charge is 0.238 e. The fourth-order valence-corrected chi connectivity index (χ4v) is 7.64. The molecular formula is C25H28ClN3O4S2. The summed E-state index contributed by atoms with van der Waals surface area (Å²) in [6.45, 7) is 1.60. The summed E-state index contributed by atoms with van der Waals surface area (Å²) in [5.74, 6) is -1.69. The third kappa shape index (κ3) is 6.37. The molecule has 186 valence electrons. The molecule has 1 aliphatic carbocycles. The lowest BCUT2D eigenvalue weighted by Crippen LogP contribution is -2.39. The highest BCUT2D eigenvalue weighted by atomic mass is 35.5. The van der Waals surface area contributed by atoms with E-state index in [1.165, 1.54) is 23.9 Å². The van der Waals surface area contributed by atoms with Crippen molar-refractivity contribution >= 4 is 45.0 Å². The predicted molar refractivity (Wildman–Crippen MR) is 136 cm³/mol. The zero-order chi connectivity index (χ0) is 25.6. The van der Waals surface area contributed by atoms with Crippen LogP contribution in [0.25, 0.3) is 0 Å². The molecule has 1 unspecified atom stereocenters. The molecule has 1 aliphatic rings. The highest BCUT2D eigenvalue weighted by molar-refractivity contribution is 8.01. The van der Waals surface area contributed by atoms with Gasteiger partial charge in [-0.15, -0.1) is 11.8 Å². The molecule has 2 aromatic rings. The van der Waals surface area contributed by atoms with Crippen LogP contribution in [0.4, 0.5) is 0 Å². The zero-order valence-electron chi connectivity index (χ0n) is 19.4. The summed E-state index contributed by atoms with van der Waals surface area (Å²) in [5, 5.41) is 11.7. The summed E-state index contributed by atoms with van der Waals surface area (Å²) >= 11 is 7.51. The van der Waals surface area contributed by atoms with Crippen molar-refractivity contribution < 1.29 is 18.0 Å². The van der Waals surface area contributed by atoms with Crippen LogP contribution >= 0.6 is 23.4 Å². The van der Waals surface area contributed by atoms with E-state index in [9.17, 15) is 18.0 Å². The minimum absolute atomic E-state index is 0.0909. The normalized spacial score (nSPS) is 19.8. The van der Waals surface area contributed by atoms with Gasteiger partial charge in [0.05, 0.1) is 16.7 Å². The maximum atomic E-state index is 13.2. The van der Waals surface area contributed by atoms with Gasteiger partial charge in [-0.05, 0) is 61.6 Å². The van der Waals surface area contributed by atoms with Gasteiger partial charge in [0.15, 0.2) is 9.84 Å². The molecule has 0 bridgehead atoms. The van der Waals surface area contributed by atoms with Gasteiger partial charge >= 0.3 is 0 Å². The number of rotatable bonds is 9. The number of benzene rings is 2. The number of thioether (sulfide) groups is 1. The molecule has 3 N–H and O–H groups in total. The van der Waals surface area contributed by atoms with Crippen molar-refractivity contribution in [2.45, 2.75) is 47.1 Å². The van der Waals surface area contributed by atoms with Crippen LogP contribution in [-0.2, 0) is 24.2 Å². The monoisotopic (exact) mass is 533 g/mol. The number of nitrogens with one attached hydrogen (secondary N) is 1. The molecule has 3 rings (SSSR count). The summed E-state index contributed by atoms with van der Waals surface area (Å²) < 4.78 is 25.2. The van der Waals surface area contributed by atoms with Crippen molar-refractivity contribution in [1.82, 2.24) is 5.32 Å². The first-order valence-electron chi connectivity index (χ1n) is 11.3. The number of nitriles is 1. The molecule has 0 heterocycles. The second kappa shape index (κ2) is 11.5. The highest BCUT2D eigenvalue weighted by Crippen LogP contribution is 2.44. The average Bonchev–Trinajstić information content (AvgIpc) is 2.83. The van der Waals surface area contributed by atoms with Gasteiger partial charge in [-0.25, -0.2) is 8.42 Å². The van der Waals surface area contributed by atoms with E-state index < -0.39 is 26.4 Å². The van der Waals surface area contributed by atoms with Gasteiger partial charge in [-0.1, -0.05) is 42.6 Å². The Bertz CT molecular complexity index is 1230. The molecule has 7 nitrogen and oxygen atoms in total. The molecule has 0 saturated heterocycles. The van der Waals surface area contributed by atoms with E-state index in [1.807, 2.05) is 6.07 Å². The molecule has 1 saturated carbocycles. The molecule has 35 heavy (non-hydrogen) atoms. The quantitative estimate of drug-likeness (QED) is 0.369. The van der Waals surface area contributed by atoms with Gasteiger partial charge < -0.3 is 11.1 Å². The number of hydrogen-bond donors (Lipinski definition) is 2. The second-order valence-corrected chi connectivity index (χ2v) is 12.7. The number of nitrogens with two attached hydrogens (primary N) is 1. The molecule has 0 aromatic heterocycles. The lowest BCUT2D eigenvalue weighted by molar-refractivity contribution is -0.127. The number of carbonyl (C=O) groups is 2. The van der Waals surface area contributed by atoms with Crippen molar-refractivity contribution in [3.63, 3.8) is 0 Å². The van der Waals surface area contributed by atoms with E-state index >= 15 is 0 Å². The Morgan fingerprint density at radius 3 is 2.46 bits per heavy atom. The zero-order valence-corrected chi connectivity index (χ0v) is 21.8. The Morgan fingerprint density at radius 1 is 1.17 bits per heavy atom. The van der Waals surface area contributed by atoms with Gasteiger partial charge in [-0.2, -0.15) is 5.26 Å². The molecule has 0 radical (unpaired) electrons. The number of hydrogen-bond acceptors (Lipinski definition) is 6. The molecule has 2 aromatic carbocycles. The minimum atomic E-state index is -3.65. The predicted octanol–water partition coefficient (Wildman–Crippen LogP) is 4.05. The number of sulfone groups is 1. The summed E-state index contributed by atoms with van der Waals surface area (Å²) in [6, 6.07) is 15.2. The van der Waals surface area contributed by atoms with Gasteiger partial charge in [0.25, 0.3) is 0 Å². The van der Waals surface area contributed by atoms with Crippen molar-refractivity contribution in [3.05, 3.63) is 59.1 Å². The minimum Gasteiger partial charge on any atom is -0.368 e. The summed E-state index contributed by atoms with van der Waals surface area (Å²) in [7, 11) is -3.65. The van der Waals surface area contributed by atoms with Crippen LogP contribution in [0.15, 0.2) is 58.3 Å². The molecular weight excluding hydrogens is 506 g/mol. The number of carbonyl (C=O) groups excluding carboxylic acids is 2. The van der Waals surface area contributed by atoms with Gasteiger partial charge in [0.2, 0.25) is 11.8 Å². The topological polar surface area (TPSA) is 130 Å². The largest absolute Gasteiger partial charge is 0.368 e. The van der Waals surface area contributed by atoms with E-state index in [0.29, 0.717) is 28.3 Å². The first-order valence-corrected chi connectivity index (χ1v) is 14.1. The third-order valence-electron chi connectivity index (χ3n) is 6.38. The molecule has 0 spiro atoms. The van der Waals surface area contributed by atoms with Crippen LogP contribution in [-0.4, -0.2) is 32.5 Å². The molecule has 1 fully saturated rings. The van der Waals surface area contributed by atoms with E-state index in [2.05, 4.69) is 5.32 Å². The van der Waals surface area contributed by atoms with Crippen LogP contribution in [0.1, 0.15) is 38.2 Å². The lowest BCUT2D eigenvalue weighted by Gasteiger charge is -2.30. The van der Waals surface area contributed by atoms with Crippen LogP contribution in [0.3, 0.4) is 0 Å². The molecule has 3 atom stereocenters. The van der Waals surface area contributed by atoms with E-state index in [0.717, 1.165) is 12.8 Å². The summed E-state index contributed by atoms with van der Waals surface area (Å²) in [4.78, 5) is 25.6.